The molecule has 0 atom stereocenters. The summed E-state index contributed by atoms with van der Waals surface area (Å²) in [5.74, 6) is -1.31. The van der Waals surface area contributed by atoms with Gasteiger partial charge in [0.05, 0.1) is 17.2 Å². The summed E-state index contributed by atoms with van der Waals surface area (Å²) in [5.41, 5.74) is 3.71. The molecule has 0 aliphatic rings. The quantitative estimate of drug-likeness (QED) is 0.425. The Labute approximate surface area is 188 Å². The number of nitriles is 1. The maximum Gasteiger partial charge on any atom is 0.335 e. The van der Waals surface area contributed by atoms with Crippen LogP contribution in [0.1, 0.15) is 43.0 Å². The Balaban J connectivity index is 1.53. The maximum absolute atomic E-state index is 13.1. The van der Waals surface area contributed by atoms with Crippen LogP contribution in [0.3, 0.4) is 0 Å². The van der Waals surface area contributed by atoms with Crippen LogP contribution in [0, 0.1) is 11.3 Å². The molecule has 0 bridgehead atoms. The third-order valence-electron chi connectivity index (χ3n) is 5.35. The van der Waals surface area contributed by atoms with Crippen LogP contribution in [0.4, 0.5) is 0 Å². The van der Waals surface area contributed by atoms with E-state index in [2.05, 4.69) is 16.4 Å². The van der Waals surface area contributed by atoms with Gasteiger partial charge in [-0.2, -0.15) is 5.26 Å². The maximum atomic E-state index is 13.1. The second kappa shape index (κ2) is 9.20. The first-order chi connectivity index (χ1) is 15.9. The molecule has 0 spiro atoms. The van der Waals surface area contributed by atoms with Gasteiger partial charge in [-0.3, -0.25) is 9.59 Å². The molecule has 1 heterocycles. The number of H-pyrrole nitrogens is 1. The number of amides is 1. The monoisotopic (exact) mass is 437 g/mol. The van der Waals surface area contributed by atoms with E-state index in [-0.39, 0.29) is 16.9 Å². The number of rotatable bonds is 6. The van der Waals surface area contributed by atoms with Crippen molar-refractivity contribution < 1.29 is 14.7 Å². The van der Waals surface area contributed by atoms with Crippen molar-refractivity contribution in [3.8, 4) is 6.07 Å². The van der Waals surface area contributed by atoms with Crippen molar-refractivity contribution in [1.82, 2.24) is 10.3 Å². The predicted octanol–water partition coefficient (Wildman–Crippen LogP) is 3.62. The van der Waals surface area contributed by atoms with Crippen molar-refractivity contribution >= 4 is 22.8 Å². The van der Waals surface area contributed by atoms with E-state index in [0.717, 1.165) is 11.1 Å². The molecular formula is C26H19N3O4. The number of fused-ring (bicyclic) bond motifs is 1. The van der Waals surface area contributed by atoms with Crippen LogP contribution in [0.15, 0.2) is 77.7 Å². The highest BCUT2D eigenvalue weighted by molar-refractivity contribution is 5.98. The van der Waals surface area contributed by atoms with Crippen molar-refractivity contribution in [1.29, 1.82) is 5.26 Å². The fourth-order valence-corrected chi connectivity index (χ4v) is 3.50. The molecule has 162 valence electrons. The fourth-order valence-electron chi connectivity index (χ4n) is 3.50. The van der Waals surface area contributed by atoms with Crippen LogP contribution < -0.4 is 10.7 Å². The van der Waals surface area contributed by atoms with E-state index in [1.165, 1.54) is 12.1 Å². The first-order valence-corrected chi connectivity index (χ1v) is 10.2. The van der Waals surface area contributed by atoms with Crippen molar-refractivity contribution in [2.24, 2.45) is 0 Å². The average Bonchev–Trinajstić information content (AvgIpc) is 2.84. The summed E-state index contributed by atoms with van der Waals surface area (Å²) in [6.45, 7) is 0.297. The molecule has 3 N–H and O–H groups in total. The standard InChI is InChI=1S/C26H19N3O4/c27-13-17-1-3-18(4-2-17)14-29-25(31)20-9-10-23-22(12-20)24(30)21(15-28-23)11-16-5-7-19(8-6-16)26(32)33/h1-10,12,15H,11,14H2,(H,28,30)(H,29,31)(H,32,33). The van der Waals surface area contributed by atoms with Gasteiger partial charge in [0.1, 0.15) is 0 Å². The first-order valence-electron chi connectivity index (χ1n) is 10.2. The summed E-state index contributed by atoms with van der Waals surface area (Å²) in [7, 11) is 0. The van der Waals surface area contributed by atoms with Gasteiger partial charge in [0, 0.05) is 41.2 Å². The van der Waals surface area contributed by atoms with E-state index in [9.17, 15) is 14.4 Å². The van der Waals surface area contributed by atoms with Crippen molar-refractivity contribution in [2.75, 3.05) is 0 Å². The van der Waals surface area contributed by atoms with Gasteiger partial charge in [0.2, 0.25) is 0 Å². The molecule has 0 aliphatic carbocycles. The minimum atomic E-state index is -1.00. The second-order valence-corrected chi connectivity index (χ2v) is 7.57. The van der Waals surface area contributed by atoms with Crippen LogP contribution in [-0.2, 0) is 13.0 Å². The Hall–Kier alpha value is -4.70. The Morgan fingerprint density at radius 2 is 1.61 bits per heavy atom. The number of nitrogens with one attached hydrogen (secondary N) is 2. The first kappa shape index (κ1) is 21.5. The highest BCUT2D eigenvalue weighted by Gasteiger charge is 2.11. The number of pyridine rings is 1. The normalized spacial score (nSPS) is 10.5. The zero-order chi connectivity index (χ0) is 23.4. The Bertz CT molecular complexity index is 1450. The van der Waals surface area contributed by atoms with Gasteiger partial charge in [-0.25, -0.2) is 4.79 Å². The van der Waals surface area contributed by atoms with Gasteiger partial charge in [0.25, 0.3) is 5.91 Å². The molecule has 0 aliphatic heterocycles. The SMILES string of the molecule is N#Cc1ccc(CNC(=O)c2ccc3[nH]cc(Cc4ccc(C(=O)O)cc4)c(=O)c3c2)cc1. The van der Waals surface area contributed by atoms with Crippen LogP contribution in [-0.4, -0.2) is 22.0 Å². The zero-order valence-corrected chi connectivity index (χ0v) is 17.5. The Kier molecular flexibility index (Phi) is 6.00. The summed E-state index contributed by atoms with van der Waals surface area (Å²) in [6.07, 6.45) is 1.97. The van der Waals surface area contributed by atoms with E-state index >= 15 is 0 Å². The number of carboxylic acid groups (broad SMARTS) is 1. The summed E-state index contributed by atoms with van der Waals surface area (Å²) in [4.78, 5) is 39.8. The van der Waals surface area contributed by atoms with E-state index < -0.39 is 5.97 Å². The van der Waals surface area contributed by atoms with Gasteiger partial charge in [0.15, 0.2) is 5.43 Å². The number of hydrogen-bond acceptors (Lipinski definition) is 4. The fraction of sp³-hybridized carbons (Fsp3) is 0.0769. The van der Waals surface area contributed by atoms with Gasteiger partial charge in [-0.05, 0) is 53.6 Å². The lowest BCUT2D eigenvalue weighted by molar-refractivity contribution is 0.0696. The van der Waals surface area contributed by atoms with E-state index in [1.54, 1.807) is 60.8 Å². The Morgan fingerprint density at radius 3 is 2.27 bits per heavy atom. The average molecular weight is 437 g/mol. The molecule has 0 saturated heterocycles. The molecular weight excluding hydrogens is 418 g/mol. The predicted molar refractivity (Wildman–Crippen MR) is 123 cm³/mol. The highest BCUT2D eigenvalue weighted by Crippen LogP contribution is 2.14. The topological polar surface area (TPSA) is 123 Å². The smallest absolute Gasteiger partial charge is 0.335 e. The minimum Gasteiger partial charge on any atom is -0.478 e. The van der Waals surface area contributed by atoms with Crippen molar-refractivity contribution in [2.45, 2.75) is 13.0 Å². The second-order valence-electron chi connectivity index (χ2n) is 7.57. The van der Waals surface area contributed by atoms with Crippen LogP contribution in [0.25, 0.3) is 10.9 Å². The molecule has 0 unspecified atom stereocenters. The molecule has 4 aromatic rings. The number of hydrogen-bond donors (Lipinski definition) is 3. The lowest BCUT2D eigenvalue weighted by Gasteiger charge is -2.08. The number of carbonyl (C=O) groups excluding carboxylic acids is 1. The third-order valence-corrected chi connectivity index (χ3v) is 5.35. The lowest BCUT2D eigenvalue weighted by atomic mass is 10.0. The van der Waals surface area contributed by atoms with E-state index in [0.29, 0.717) is 40.6 Å². The number of aromatic nitrogens is 1. The summed E-state index contributed by atoms with van der Waals surface area (Å²) < 4.78 is 0. The molecule has 7 nitrogen and oxygen atoms in total. The number of benzene rings is 3. The van der Waals surface area contributed by atoms with Crippen LogP contribution in [0.5, 0.6) is 0 Å². The van der Waals surface area contributed by atoms with Crippen molar-refractivity contribution in [3.05, 3.63) is 117 Å². The molecule has 3 aromatic carbocycles. The number of aromatic carboxylic acids is 1. The largest absolute Gasteiger partial charge is 0.478 e. The number of nitrogens with zero attached hydrogens (tertiary/aromatic N) is 1. The molecule has 0 fully saturated rings. The molecule has 7 heteroatoms. The van der Waals surface area contributed by atoms with Gasteiger partial charge in [-0.15, -0.1) is 0 Å². The molecule has 4 rings (SSSR count). The van der Waals surface area contributed by atoms with Gasteiger partial charge < -0.3 is 15.4 Å². The van der Waals surface area contributed by atoms with Crippen LogP contribution in [0.2, 0.25) is 0 Å². The number of aromatic amines is 1. The number of carboxylic acids is 1. The van der Waals surface area contributed by atoms with E-state index in [1.807, 2.05) is 0 Å². The zero-order valence-electron chi connectivity index (χ0n) is 17.5. The molecule has 0 radical (unpaired) electrons. The molecule has 33 heavy (non-hydrogen) atoms. The molecule has 1 aromatic heterocycles. The Morgan fingerprint density at radius 1 is 0.939 bits per heavy atom. The van der Waals surface area contributed by atoms with Crippen LogP contribution >= 0.6 is 0 Å². The summed E-state index contributed by atoms with van der Waals surface area (Å²) >= 11 is 0. The van der Waals surface area contributed by atoms with Gasteiger partial charge in [-0.1, -0.05) is 24.3 Å². The highest BCUT2D eigenvalue weighted by atomic mass is 16.4. The lowest BCUT2D eigenvalue weighted by Crippen LogP contribution is -2.23. The van der Waals surface area contributed by atoms with E-state index in [4.69, 9.17) is 10.4 Å². The summed E-state index contributed by atoms with van der Waals surface area (Å²) in [6, 6.07) is 20.3. The van der Waals surface area contributed by atoms with Gasteiger partial charge >= 0.3 is 5.97 Å². The number of carbonyl (C=O) groups is 2. The molecule has 1 amide bonds. The van der Waals surface area contributed by atoms with Crippen molar-refractivity contribution in [3.63, 3.8) is 0 Å². The molecule has 0 saturated carbocycles. The third kappa shape index (κ3) is 4.81. The minimum absolute atomic E-state index is 0.183. The summed E-state index contributed by atoms with van der Waals surface area (Å²) in [5, 5.41) is 21.1.